The lowest BCUT2D eigenvalue weighted by atomic mass is 10.1. The van der Waals surface area contributed by atoms with Crippen LogP contribution in [0.25, 0.3) is 0 Å². The Morgan fingerprint density at radius 3 is 2.60 bits per heavy atom. The van der Waals surface area contributed by atoms with Crippen molar-refractivity contribution in [2.75, 3.05) is 13.2 Å². The summed E-state index contributed by atoms with van der Waals surface area (Å²) in [6, 6.07) is 7.54. The maximum atomic E-state index is 11.1. The molecule has 1 aromatic carbocycles. The van der Waals surface area contributed by atoms with Crippen molar-refractivity contribution in [1.29, 1.82) is 0 Å². The van der Waals surface area contributed by atoms with E-state index in [9.17, 15) is 9.90 Å². The van der Waals surface area contributed by atoms with E-state index in [0.717, 1.165) is 0 Å². The fraction of sp³-hybridized carbons (Fsp3) is 0.562. The summed E-state index contributed by atoms with van der Waals surface area (Å²) in [4.78, 5) is 11.1. The summed E-state index contributed by atoms with van der Waals surface area (Å²) in [5.74, 6) is 0.715. The van der Waals surface area contributed by atoms with Crippen molar-refractivity contribution in [3.8, 4) is 5.75 Å². The van der Waals surface area contributed by atoms with Crippen LogP contribution in [0.5, 0.6) is 5.75 Å². The van der Waals surface area contributed by atoms with E-state index >= 15 is 0 Å². The van der Waals surface area contributed by atoms with Crippen LogP contribution in [-0.2, 0) is 0 Å². The molecule has 1 unspecified atom stereocenters. The Morgan fingerprint density at radius 1 is 1.35 bits per heavy atom. The van der Waals surface area contributed by atoms with Gasteiger partial charge in [0.1, 0.15) is 18.5 Å². The van der Waals surface area contributed by atoms with Crippen molar-refractivity contribution in [3.63, 3.8) is 0 Å². The molecule has 0 spiro atoms. The lowest BCUT2D eigenvalue weighted by Crippen LogP contribution is -2.36. The van der Waals surface area contributed by atoms with Gasteiger partial charge in [-0.05, 0) is 44.0 Å². The number of aliphatic hydroxyl groups excluding tert-OH is 1. The monoisotopic (exact) mass is 277 g/mol. The Kier molecular flexibility index (Phi) is 5.56. The summed E-state index contributed by atoms with van der Waals surface area (Å²) < 4.78 is 5.52. The fourth-order valence-corrected chi connectivity index (χ4v) is 2.47. The van der Waals surface area contributed by atoms with Crippen LogP contribution in [0.3, 0.4) is 0 Å². The van der Waals surface area contributed by atoms with Crippen LogP contribution in [0, 0.1) is 0 Å². The molecule has 1 aromatic rings. The van der Waals surface area contributed by atoms with E-state index in [1.807, 2.05) is 0 Å². The van der Waals surface area contributed by atoms with Crippen molar-refractivity contribution < 1.29 is 14.6 Å². The van der Waals surface area contributed by atoms with Gasteiger partial charge in [-0.15, -0.1) is 0 Å². The van der Waals surface area contributed by atoms with E-state index in [2.05, 4.69) is 5.32 Å². The van der Waals surface area contributed by atoms with Gasteiger partial charge in [-0.3, -0.25) is 4.79 Å². The highest BCUT2D eigenvalue weighted by molar-refractivity contribution is 5.94. The molecule has 1 fully saturated rings. The molecule has 1 aliphatic carbocycles. The Morgan fingerprint density at radius 2 is 2.00 bits per heavy atom. The van der Waals surface area contributed by atoms with Crippen LogP contribution in [0.2, 0.25) is 0 Å². The molecule has 20 heavy (non-hydrogen) atoms. The predicted molar refractivity (Wildman–Crippen MR) is 78.2 cm³/mol. The second-order valence-corrected chi connectivity index (χ2v) is 5.44. The first kappa shape index (κ1) is 15.0. The van der Waals surface area contributed by atoms with E-state index < -0.39 is 6.10 Å². The Balaban J connectivity index is 1.69. The Labute approximate surface area is 120 Å². The third kappa shape index (κ3) is 4.62. The minimum atomic E-state index is -0.511. The van der Waals surface area contributed by atoms with Gasteiger partial charge in [0.05, 0.1) is 0 Å². The van der Waals surface area contributed by atoms with Crippen LogP contribution >= 0.6 is 0 Å². The molecule has 0 bridgehead atoms. The summed E-state index contributed by atoms with van der Waals surface area (Å²) >= 11 is 0. The van der Waals surface area contributed by atoms with Crippen LogP contribution in [0.15, 0.2) is 24.3 Å². The average molecular weight is 277 g/mol. The highest BCUT2D eigenvalue weighted by atomic mass is 16.5. The molecule has 1 atom stereocenters. The molecule has 0 aliphatic heterocycles. The first-order valence-electron chi connectivity index (χ1n) is 7.30. The molecule has 2 rings (SSSR count). The largest absolute Gasteiger partial charge is 0.491 e. The number of Topliss-reactive ketones (excluding diaryl/α,β-unsaturated/α-hetero) is 1. The molecule has 1 aliphatic rings. The lowest BCUT2D eigenvalue weighted by molar-refractivity contribution is 0.101. The van der Waals surface area contributed by atoms with Gasteiger partial charge < -0.3 is 15.2 Å². The summed E-state index contributed by atoms with van der Waals surface area (Å²) in [5.41, 5.74) is 0.667. The molecule has 0 heterocycles. The number of carbonyl (C=O) groups is 1. The first-order chi connectivity index (χ1) is 9.65. The zero-order valence-corrected chi connectivity index (χ0v) is 12.0. The standard InChI is InChI=1S/C16H23NO3/c1-12(18)13-6-8-16(9-7-13)20-11-15(19)10-17-14-4-2-3-5-14/h6-9,14-15,17,19H,2-5,10-11H2,1H3. The van der Waals surface area contributed by atoms with Crippen LogP contribution in [0.4, 0.5) is 0 Å². The molecule has 110 valence electrons. The number of ketones is 1. The van der Waals surface area contributed by atoms with Crippen molar-refractivity contribution >= 4 is 5.78 Å². The number of hydrogen-bond acceptors (Lipinski definition) is 4. The van der Waals surface area contributed by atoms with Gasteiger partial charge in [0.2, 0.25) is 0 Å². The number of ether oxygens (including phenoxy) is 1. The normalized spacial score (nSPS) is 17.1. The lowest BCUT2D eigenvalue weighted by Gasteiger charge is -2.16. The van der Waals surface area contributed by atoms with E-state index in [-0.39, 0.29) is 12.4 Å². The number of hydrogen-bond donors (Lipinski definition) is 2. The summed E-state index contributed by atoms with van der Waals surface area (Å²) in [6.45, 7) is 2.36. The topological polar surface area (TPSA) is 58.6 Å². The van der Waals surface area contributed by atoms with Crippen LogP contribution < -0.4 is 10.1 Å². The summed E-state index contributed by atoms with van der Waals surface area (Å²) in [5, 5.41) is 13.2. The molecule has 0 saturated heterocycles. The quantitative estimate of drug-likeness (QED) is 0.750. The molecule has 0 amide bonds. The van der Waals surface area contributed by atoms with Gasteiger partial charge in [-0.1, -0.05) is 12.8 Å². The van der Waals surface area contributed by atoms with Gasteiger partial charge in [0.15, 0.2) is 5.78 Å². The van der Waals surface area contributed by atoms with Gasteiger partial charge in [-0.25, -0.2) is 0 Å². The maximum absolute atomic E-state index is 11.1. The molecular weight excluding hydrogens is 254 g/mol. The van der Waals surface area contributed by atoms with Gasteiger partial charge in [-0.2, -0.15) is 0 Å². The van der Waals surface area contributed by atoms with E-state index in [1.54, 1.807) is 24.3 Å². The minimum Gasteiger partial charge on any atom is -0.491 e. The van der Waals surface area contributed by atoms with Crippen LogP contribution in [0.1, 0.15) is 43.0 Å². The van der Waals surface area contributed by atoms with E-state index in [0.29, 0.717) is 23.9 Å². The smallest absolute Gasteiger partial charge is 0.159 e. The number of rotatable bonds is 7. The van der Waals surface area contributed by atoms with Crippen molar-refractivity contribution in [2.45, 2.75) is 44.8 Å². The van der Waals surface area contributed by atoms with Crippen molar-refractivity contribution in [2.24, 2.45) is 0 Å². The molecule has 2 N–H and O–H groups in total. The third-order valence-electron chi connectivity index (χ3n) is 3.70. The zero-order chi connectivity index (χ0) is 14.4. The van der Waals surface area contributed by atoms with Crippen molar-refractivity contribution in [3.05, 3.63) is 29.8 Å². The molecule has 1 saturated carbocycles. The Hall–Kier alpha value is -1.39. The second kappa shape index (κ2) is 7.41. The molecule has 0 aromatic heterocycles. The van der Waals surface area contributed by atoms with E-state index in [1.165, 1.54) is 32.6 Å². The number of carbonyl (C=O) groups excluding carboxylic acids is 1. The van der Waals surface area contributed by atoms with Gasteiger partial charge in [0.25, 0.3) is 0 Å². The fourth-order valence-electron chi connectivity index (χ4n) is 2.47. The number of aliphatic hydroxyl groups is 1. The van der Waals surface area contributed by atoms with Gasteiger partial charge in [0, 0.05) is 18.2 Å². The average Bonchev–Trinajstić information content (AvgIpc) is 2.96. The molecule has 4 nitrogen and oxygen atoms in total. The Bertz CT molecular complexity index is 424. The maximum Gasteiger partial charge on any atom is 0.159 e. The van der Waals surface area contributed by atoms with Crippen LogP contribution in [-0.4, -0.2) is 36.2 Å². The number of nitrogens with one attached hydrogen (secondary N) is 1. The minimum absolute atomic E-state index is 0.0392. The zero-order valence-electron chi connectivity index (χ0n) is 12.0. The van der Waals surface area contributed by atoms with Gasteiger partial charge >= 0.3 is 0 Å². The molecule has 4 heteroatoms. The second-order valence-electron chi connectivity index (χ2n) is 5.44. The predicted octanol–water partition coefficient (Wildman–Crippen LogP) is 2.16. The first-order valence-corrected chi connectivity index (χ1v) is 7.30. The summed E-state index contributed by atoms with van der Waals surface area (Å²) in [7, 11) is 0. The molecular formula is C16H23NO3. The molecule has 0 radical (unpaired) electrons. The number of benzene rings is 1. The highest BCUT2D eigenvalue weighted by Gasteiger charge is 2.15. The summed E-state index contributed by atoms with van der Waals surface area (Å²) in [6.07, 6.45) is 4.47. The third-order valence-corrected chi connectivity index (χ3v) is 3.70. The van der Waals surface area contributed by atoms with E-state index in [4.69, 9.17) is 4.74 Å². The highest BCUT2D eigenvalue weighted by Crippen LogP contribution is 2.17. The van der Waals surface area contributed by atoms with Crippen molar-refractivity contribution in [1.82, 2.24) is 5.32 Å². The SMILES string of the molecule is CC(=O)c1ccc(OCC(O)CNC2CCCC2)cc1.